The molecule has 3 rings (SSSR count). The number of fused-ring (bicyclic) bond motifs is 1. The van der Waals surface area contributed by atoms with Gasteiger partial charge in [0.05, 0.1) is 14.1 Å². The van der Waals surface area contributed by atoms with Crippen molar-refractivity contribution in [2.45, 2.75) is 39.8 Å². The second kappa shape index (κ2) is 8.72. The third-order valence-electron chi connectivity index (χ3n) is 5.70. The largest absolute Gasteiger partial charge is 0.423 e. The number of hydrogen-bond donors (Lipinski definition) is 2. The lowest BCUT2D eigenvalue weighted by Gasteiger charge is -2.21. The Balaban J connectivity index is 1.78. The van der Waals surface area contributed by atoms with E-state index in [4.69, 9.17) is 4.42 Å². The Kier molecular flexibility index (Phi) is 6.32. The molecule has 28 heavy (non-hydrogen) atoms. The van der Waals surface area contributed by atoms with E-state index in [0.717, 1.165) is 36.0 Å². The van der Waals surface area contributed by atoms with Gasteiger partial charge in [0.2, 0.25) is 0 Å². The number of likely N-dealkylation sites (N-methyl/N-ethyl adjacent to an activating group) is 1. The van der Waals surface area contributed by atoms with Crippen molar-refractivity contribution in [1.29, 1.82) is 0 Å². The number of hydrogen-bond acceptors (Lipinski definition) is 2. The summed E-state index contributed by atoms with van der Waals surface area (Å²) >= 11 is 0. The van der Waals surface area contributed by atoms with Crippen LogP contribution in [0.5, 0.6) is 0 Å². The summed E-state index contributed by atoms with van der Waals surface area (Å²) in [4.78, 5) is 13.4. The van der Waals surface area contributed by atoms with Crippen LogP contribution in [0.15, 0.2) is 51.7 Å². The van der Waals surface area contributed by atoms with Gasteiger partial charge in [0, 0.05) is 22.6 Å². The Morgan fingerprint density at radius 1 is 1.04 bits per heavy atom. The maximum absolute atomic E-state index is 12.0. The maximum Gasteiger partial charge on any atom is 0.336 e. The summed E-state index contributed by atoms with van der Waals surface area (Å²) in [7, 11) is 4.40. The van der Waals surface area contributed by atoms with Crippen molar-refractivity contribution in [2.24, 2.45) is 0 Å². The average Bonchev–Trinajstić information content (AvgIpc) is 2.66. The quantitative estimate of drug-likeness (QED) is 0.616. The molecule has 0 radical (unpaired) electrons. The monoisotopic (exact) mass is 380 g/mol. The fourth-order valence-electron chi connectivity index (χ4n) is 3.75. The molecule has 0 saturated carbocycles. The summed E-state index contributed by atoms with van der Waals surface area (Å²) in [5.74, 6) is 0. The van der Waals surface area contributed by atoms with Crippen molar-refractivity contribution in [3.05, 3.63) is 80.7 Å². The van der Waals surface area contributed by atoms with Crippen molar-refractivity contribution in [3.8, 4) is 0 Å². The van der Waals surface area contributed by atoms with Gasteiger partial charge in [0.1, 0.15) is 18.7 Å². The van der Waals surface area contributed by atoms with Crippen LogP contribution in [-0.4, -0.2) is 20.6 Å². The minimum absolute atomic E-state index is 0.274. The van der Waals surface area contributed by atoms with E-state index in [1.807, 2.05) is 13.0 Å². The lowest BCUT2D eigenvalue weighted by Crippen LogP contribution is -3.09. The van der Waals surface area contributed by atoms with E-state index >= 15 is 0 Å². The van der Waals surface area contributed by atoms with Crippen LogP contribution < -0.4 is 15.8 Å². The van der Waals surface area contributed by atoms with Crippen LogP contribution in [0.4, 0.5) is 0 Å². The van der Waals surface area contributed by atoms with Gasteiger partial charge < -0.3 is 14.6 Å². The molecule has 3 aromatic rings. The summed E-state index contributed by atoms with van der Waals surface area (Å²) in [6, 6.07) is 15.1. The van der Waals surface area contributed by atoms with Crippen LogP contribution in [0.3, 0.4) is 0 Å². The van der Waals surface area contributed by atoms with E-state index in [0.29, 0.717) is 11.6 Å². The molecule has 3 N–H and O–H groups in total. The van der Waals surface area contributed by atoms with Gasteiger partial charge in [-0.1, -0.05) is 31.2 Å². The molecular formula is C24H32N2O2+2. The number of nitrogens with two attached hydrogens (primary N) is 1. The van der Waals surface area contributed by atoms with Crippen molar-refractivity contribution in [3.63, 3.8) is 0 Å². The minimum atomic E-state index is -0.274. The predicted octanol–water partition coefficient (Wildman–Crippen LogP) is 1.92. The predicted molar refractivity (Wildman–Crippen MR) is 114 cm³/mol. The lowest BCUT2D eigenvalue weighted by atomic mass is 10.0. The van der Waals surface area contributed by atoms with E-state index < -0.39 is 0 Å². The van der Waals surface area contributed by atoms with Crippen LogP contribution in [0.25, 0.3) is 11.0 Å². The zero-order valence-corrected chi connectivity index (χ0v) is 17.6. The summed E-state index contributed by atoms with van der Waals surface area (Å²) in [5, 5.41) is 3.34. The Labute approximate surface area is 167 Å². The standard InChI is InChI=1S/C24H30N2O2/c1-6-18-7-9-19(10-8-18)22(26(4)5)15-25-14-20-13-24(27)28-23-12-17(3)16(2)11-21(20)23/h7-13,22,25H,6,14-15H2,1-5H3/p+2/t22-/m0/s1. The van der Waals surface area contributed by atoms with Crippen molar-refractivity contribution >= 4 is 11.0 Å². The highest BCUT2D eigenvalue weighted by atomic mass is 16.4. The van der Waals surface area contributed by atoms with Crippen LogP contribution in [0.1, 0.15) is 40.8 Å². The van der Waals surface area contributed by atoms with Crippen LogP contribution >= 0.6 is 0 Å². The smallest absolute Gasteiger partial charge is 0.336 e. The molecule has 4 nitrogen and oxygen atoms in total. The molecule has 0 aliphatic rings. The van der Waals surface area contributed by atoms with Gasteiger partial charge in [0.25, 0.3) is 0 Å². The first-order valence-electron chi connectivity index (χ1n) is 10.1. The van der Waals surface area contributed by atoms with E-state index in [1.54, 1.807) is 6.07 Å². The highest BCUT2D eigenvalue weighted by Gasteiger charge is 2.20. The van der Waals surface area contributed by atoms with E-state index in [9.17, 15) is 4.79 Å². The molecule has 0 fully saturated rings. The van der Waals surface area contributed by atoms with Crippen molar-refractivity contribution in [2.75, 3.05) is 20.6 Å². The SMILES string of the molecule is CCc1ccc([C@H](C[NH2+]Cc2cc(=O)oc3cc(C)c(C)cc23)[NH+](C)C)cc1. The number of rotatable bonds is 7. The number of nitrogens with one attached hydrogen (secondary N) is 1. The van der Waals surface area contributed by atoms with Crippen molar-refractivity contribution in [1.82, 2.24) is 0 Å². The third-order valence-corrected chi connectivity index (χ3v) is 5.70. The van der Waals surface area contributed by atoms with Crippen molar-refractivity contribution < 1.29 is 14.6 Å². The van der Waals surface area contributed by atoms with Gasteiger partial charge in [-0.15, -0.1) is 0 Å². The molecule has 1 heterocycles. The maximum atomic E-state index is 12.0. The molecule has 0 saturated heterocycles. The van der Waals surface area contributed by atoms with Gasteiger partial charge in [-0.3, -0.25) is 0 Å². The van der Waals surface area contributed by atoms with Crippen LogP contribution in [0.2, 0.25) is 0 Å². The fraction of sp³-hybridized carbons (Fsp3) is 0.375. The zero-order valence-electron chi connectivity index (χ0n) is 17.6. The molecule has 0 aliphatic carbocycles. The van der Waals surface area contributed by atoms with Gasteiger partial charge in [-0.2, -0.15) is 0 Å². The average molecular weight is 381 g/mol. The topological polar surface area (TPSA) is 51.3 Å². The molecule has 148 valence electrons. The number of benzene rings is 2. The molecule has 0 aliphatic heterocycles. The Morgan fingerprint density at radius 2 is 1.71 bits per heavy atom. The summed E-state index contributed by atoms with van der Waals surface area (Å²) in [5.41, 5.74) is 6.54. The van der Waals surface area contributed by atoms with Crippen LogP contribution in [0, 0.1) is 13.8 Å². The van der Waals surface area contributed by atoms with E-state index in [-0.39, 0.29) is 5.63 Å². The first kappa shape index (κ1) is 20.3. The van der Waals surface area contributed by atoms with Crippen LogP contribution in [-0.2, 0) is 13.0 Å². The van der Waals surface area contributed by atoms with Gasteiger partial charge >= 0.3 is 5.63 Å². The first-order chi connectivity index (χ1) is 13.4. The third kappa shape index (κ3) is 4.51. The first-order valence-corrected chi connectivity index (χ1v) is 10.1. The number of aryl methyl sites for hydroxylation is 3. The van der Waals surface area contributed by atoms with E-state index in [2.05, 4.69) is 63.6 Å². The molecule has 0 spiro atoms. The number of quaternary nitrogens is 2. The molecule has 1 atom stereocenters. The Bertz CT molecular complexity index is 1000. The van der Waals surface area contributed by atoms with E-state index in [1.165, 1.54) is 21.6 Å². The second-order valence-corrected chi connectivity index (χ2v) is 7.98. The summed E-state index contributed by atoms with van der Waals surface area (Å²) in [6.45, 7) is 8.05. The van der Waals surface area contributed by atoms with Gasteiger partial charge in [-0.05, 0) is 49.1 Å². The molecule has 4 heteroatoms. The molecule has 1 aromatic heterocycles. The lowest BCUT2D eigenvalue weighted by molar-refractivity contribution is -0.910. The Morgan fingerprint density at radius 3 is 2.36 bits per heavy atom. The van der Waals surface area contributed by atoms with Gasteiger partial charge in [0.15, 0.2) is 6.04 Å². The highest BCUT2D eigenvalue weighted by molar-refractivity contribution is 5.81. The zero-order chi connectivity index (χ0) is 20.3. The highest BCUT2D eigenvalue weighted by Crippen LogP contribution is 2.21. The molecule has 0 amide bonds. The van der Waals surface area contributed by atoms with Gasteiger partial charge in [-0.25, -0.2) is 4.79 Å². The molecule has 0 bridgehead atoms. The minimum Gasteiger partial charge on any atom is -0.423 e. The second-order valence-electron chi connectivity index (χ2n) is 7.98. The normalized spacial score (nSPS) is 12.6. The summed E-state index contributed by atoms with van der Waals surface area (Å²) < 4.78 is 5.42. The summed E-state index contributed by atoms with van der Waals surface area (Å²) in [6.07, 6.45) is 1.06. The molecule has 2 aromatic carbocycles. The molecular weight excluding hydrogens is 348 g/mol. The Hall–Kier alpha value is -2.43. The fourth-order valence-corrected chi connectivity index (χ4v) is 3.75. The molecule has 0 unspecified atom stereocenters.